The summed E-state index contributed by atoms with van der Waals surface area (Å²) in [5, 5.41) is 2.34. The van der Waals surface area contributed by atoms with Crippen molar-refractivity contribution in [2.45, 2.75) is 11.5 Å². The van der Waals surface area contributed by atoms with E-state index in [4.69, 9.17) is 4.74 Å². The van der Waals surface area contributed by atoms with E-state index >= 15 is 0 Å². The van der Waals surface area contributed by atoms with Gasteiger partial charge >= 0.3 is 0 Å². The predicted molar refractivity (Wildman–Crippen MR) is 129 cm³/mol. The highest BCUT2D eigenvalue weighted by Crippen LogP contribution is 2.23. The molecule has 0 unspecified atom stereocenters. The zero-order valence-corrected chi connectivity index (χ0v) is 19.1. The molecule has 9 heteroatoms. The fourth-order valence-corrected chi connectivity index (χ4v) is 4.20. The molecule has 0 fully saturated rings. The highest BCUT2D eigenvalue weighted by molar-refractivity contribution is 7.92. The molecule has 2 N–H and O–H groups in total. The van der Waals surface area contributed by atoms with E-state index in [1.807, 2.05) is 30.3 Å². The minimum absolute atomic E-state index is 0.125. The van der Waals surface area contributed by atoms with Crippen LogP contribution in [0.25, 0.3) is 0 Å². The third-order valence-corrected chi connectivity index (χ3v) is 6.34. The third kappa shape index (κ3) is 6.21. The van der Waals surface area contributed by atoms with Gasteiger partial charge in [-0.05, 0) is 72.3 Å². The first-order valence-corrected chi connectivity index (χ1v) is 11.9. The number of amides is 1. The van der Waals surface area contributed by atoms with Gasteiger partial charge in [0, 0.05) is 11.3 Å². The van der Waals surface area contributed by atoms with Crippen LogP contribution in [0.2, 0.25) is 0 Å². The highest BCUT2D eigenvalue weighted by Gasteiger charge is 2.18. The summed E-state index contributed by atoms with van der Waals surface area (Å²) >= 11 is 0. The molecular weight excluding hydrogens is 474 g/mol. The molecule has 6 nitrogen and oxygen atoms in total. The molecule has 4 rings (SSSR count). The number of sulfonamides is 1. The fourth-order valence-electron chi connectivity index (χ4n) is 3.13. The van der Waals surface area contributed by atoms with Crippen LogP contribution in [-0.2, 0) is 16.6 Å². The van der Waals surface area contributed by atoms with E-state index in [1.54, 1.807) is 12.1 Å². The van der Waals surface area contributed by atoms with E-state index < -0.39 is 27.6 Å². The number of carbonyl (C=O) groups excluding carboxylic acids is 1. The molecule has 35 heavy (non-hydrogen) atoms. The van der Waals surface area contributed by atoms with Gasteiger partial charge in [-0.15, -0.1) is 0 Å². The lowest BCUT2D eigenvalue weighted by atomic mass is 10.2. The van der Waals surface area contributed by atoms with E-state index in [2.05, 4.69) is 10.0 Å². The summed E-state index contributed by atoms with van der Waals surface area (Å²) in [5.41, 5.74) is 1.18. The van der Waals surface area contributed by atoms with Gasteiger partial charge in [-0.25, -0.2) is 17.2 Å². The lowest BCUT2D eigenvalue weighted by Gasteiger charge is -2.11. The smallest absolute Gasteiger partial charge is 0.261 e. The van der Waals surface area contributed by atoms with Crippen molar-refractivity contribution >= 4 is 27.3 Å². The van der Waals surface area contributed by atoms with Crippen molar-refractivity contribution in [3.8, 4) is 5.75 Å². The van der Waals surface area contributed by atoms with E-state index in [-0.39, 0.29) is 21.8 Å². The summed E-state index contributed by atoms with van der Waals surface area (Å²) in [7, 11) is -4.09. The van der Waals surface area contributed by atoms with Gasteiger partial charge in [-0.2, -0.15) is 0 Å². The number of anilines is 2. The number of hydrogen-bond donors (Lipinski definition) is 2. The van der Waals surface area contributed by atoms with Gasteiger partial charge < -0.3 is 10.1 Å². The maximum absolute atomic E-state index is 14.6. The monoisotopic (exact) mass is 494 g/mol. The summed E-state index contributed by atoms with van der Waals surface area (Å²) in [6, 6.07) is 23.7. The average molecular weight is 495 g/mol. The summed E-state index contributed by atoms with van der Waals surface area (Å²) in [6.07, 6.45) is 0. The number of rotatable bonds is 8. The first-order valence-electron chi connectivity index (χ1n) is 10.5. The highest BCUT2D eigenvalue weighted by atomic mass is 32.2. The van der Waals surface area contributed by atoms with Crippen molar-refractivity contribution in [3.05, 3.63) is 120 Å². The topological polar surface area (TPSA) is 84.5 Å². The van der Waals surface area contributed by atoms with Crippen molar-refractivity contribution in [1.29, 1.82) is 0 Å². The number of nitrogens with one attached hydrogen (secondary N) is 2. The molecule has 4 aromatic carbocycles. The maximum atomic E-state index is 14.6. The Morgan fingerprint density at radius 1 is 0.829 bits per heavy atom. The van der Waals surface area contributed by atoms with Crippen LogP contribution < -0.4 is 14.8 Å². The molecule has 0 saturated carbocycles. The van der Waals surface area contributed by atoms with Crippen LogP contribution in [0.1, 0.15) is 15.9 Å². The van der Waals surface area contributed by atoms with Crippen molar-refractivity contribution in [2.24, 2.45) is 0 Å². The minimum atomic E-state index is -4.09. The van der Waals surface area contributed by atoms with Gasteiger partial charge in [0.25, 0.3) is 15.9 Å². The van der Waals surface area contributed by atoms with Crippen molar-refractivity contribution in [2.75, 3.05) is 10.0 Å². The molecule has 0 spiro atoms. The molecule has 0 bridgehead atoms. The Labute approximate surface area is 201 Å². The summed E-state index contributed by atoms with van der Waals surface area (Å²) < 4.78 is 61.0. The van der Waals surface area contributed by atoms with Crippen LogP contribution in [0.5, 0.6) is 5.75 Å². The first-order chi connectivity index (χ1) is 16.8. The molecule has 0 saturated heterocycles. The molecule has 0 aliphatic rings. The quantitative estimate of drug-likeness (QED) is 0.334. The van der Waals surface area contributed by atoms with Gasteiger partial charge in [0.1, 0.15) is 24.0 Å². The zero-order chi connectivity index (χ0) is 24.8. The second-order valence-corrected chi connectivity index (χ2v) is 9.19. The second-order valence-electron chi connectivity index (χ2n) is 7.51. The Hall–Kier alpha value is -4.24. The molecule has 178 valence electrons. The number of hydrogen-bond acceptors (Lipinski definition) is 4. The Morgan fingerprint density at radius 2 is 1.51 bits per heavy atom. The molecule has 0 aliphatic carbocycles. The van der Waals surface area contributed by atoms with Gasteiger partial charge in [0.05, 0.1) is 10.6 Å². The van der Waals surface area contributed by atoms with Gasteiger partial charge in [-0.3, -0.25) is 9.52 Å². The van der Waals surface area contributed by atoms with Crippen molar-refractivity contribution in [1.82, 2.24) is 0 Å². The van der Waals surface area contributed by atoms with Crippen LogP contribution in [-0.4, -0.2) is 14.3 Å². The largest absolute Gasteiger partial charge is 0.489 e. The average Bonchev–Trinajstić information content (AvgIpc) is 2.85. The molecule has 0 aromatic heterocycles. The molecular formula is C26H20F2N2O4S. The summed E-state index contributed by atoms with van der Waals surface area (Å²) in [4.78, 5) is 11.9. The molecule has 0 radical (unpaired) electrons. The second kappa shape index (κ2) is 10.4. The Balaban J connectivity index is 1.40. The number of halogens is 2. The van der Waals surface area contributed by atoms with Crippen LogP contribution in [0.3, 0.4) is 0 Å². The first kappa shape index (κ1) is 23.9. The van der Waals surface area contributed by atoms with E-state index in [0.29, 0.717) is 12.4 Å². The predicted octanol–water partition coefficient (Wildman–Crippen LogP) is 5.60. The fraction of sp³-hybridized carbons (Fsp3) is 0.0385. The molecule has 0 aliphatic heterocycles. The Morgan fingerprint density at radius 3 is 2.17 bits per heavy atom. The van der Waals surface area contributed by atoms with Crippen LogP contribution in [0, 0.1) is 11.6 Å². The van der Waals surface area contributed by atoms with Crippen LogP contribution in [0.15, 0.2) is 102 Å². The maximum Gasteiger partial charge on any atom is 0.261 e. The van der Waals surface area contributed by atoms with Crippen LogP contribution >= 0.6 is 0 Å². The van der Waals surface area contributed by atoms with E-state index in [1.165, 1.54) is 30.3 Å². The van der Waals surface area contributed by atoms with E-state index in [9.17, 15) is 22.0 Å². The summed E-state index contributed by atoms with van der Waals surface area (Å²) in [6.45, 7) is 0.370. The zero-order valence-electron chi connectivity index (χ0n) is 18.2. The Bertz CT molecular complexity index is 1430. The van der Waals surface area contributed by atoms with Crippen molar-refractivity contribution < 1.29 is 26.7 Å². The number of ether oxygens (including phenoxy) is 1. The van der Waals surface area contributed by atoms with Gasteiger partial charge in [0.2, 0.25) is 0 Å². The number of benzene rings is 4. The molecule has 0 atom stereocenters. The third-order valence-electron chi connectivity index (χ3n) is 4.96. The Kier molecular flexibility index (Phi) is 7.07. The van der Waals surface area contributed by atoms with Crippen molar-refractivity contribution in [3.63, 3.8) is 0 Å². The molecule has 4 aromatic rings. The lowest BCUT2D eigenvalue weighted by Crippen LogP contribution is -2.15. The molecule has 0 heterocycles. The van der Waals surface area contributed by atoms with Crippen LogP contribution in [0.4, 0.5) is 20.2 Å². The molecule has 1 amide bonds. The van der Waals surface area contributed by atoms with Gasteiger partial charge in [0.15, 0.2) is 0 Å². The minimum Gasteiger partial charge on any atom is -0.489 e. The SMILES string of the molecule is O=C(Nc1ccc(S(=O)(=O)Nc2ccc(OCc3ccccc3)cc2)cc1F)c1ccc(F)cc1. The summed E-state index contributed by atoms with van der Waals surface area (Å²) in [5.74, 6) is -1.55. The lowest BCUT2D eigenvalue weighted by molar-refractivity contribution is 0.102. The normalized spacial score (nSPS) is 11.0. The standard InChI is InChI=1S/C26H20F2N2O4S/c27-20-8-6-19(7-9-20)26(31)29-25-15-14-23(16-24(25)28)35(32,33)30-21-10-12-22(13-11-21)34-17-18-4-2-1-3-5-18/h1-16,30H,17H2,(H,29,31). The number of carbonyl (C=O) groups is 1. The van der Waals surface area contributed by atoms with E-state index in [0.717, 1.165) is 29.8 Å². The van der Waals surface area contributed by atoms with Gasteiger partial charge in [-0.1, -0.05) is 30.3 Å².